The minimum atomic E-state index is -0.363. The van der Waals surface area contributed by atoms with Crippen molar-refractivity contribution in [3.8, 4) is 11.5 Å². The predicted octanol–water partition coefficient (Wildman–Crippen LogP) is 2.01. The molecule has 2 aromatic rings. The van der Waals surface area contributed by atoms with E-state index in [9.17, 15) is 4.79 Å². The lowest BCUT2D eigenvalue weighted by atomic mass is 10.3. The second kappa shape index (κ2) is 8.41. The predicted molar refractivity (Wildman–Crippen MR) is 83.1 cm³/mol. The van der Waals surface area contributed by atoms with Crippen molar-refractivity contribution in [2.24, 2.45) is 5.10 Å². The summed E-state index contributed by atoms with van der Waals surface area (Å²) >= 11 is 0. The molecule has 0 radical (unpaired) electrons. The monoisotopic (exact) mass is 299 g/mol. The number of hydrazone groups is 1. The molecule has 1 aromatic heterocycles. The molecule has 1 heterocycles. The van der Waals surface area contributed by atoms with Crippen molar-refractivity contribution >= 4 is 12.1 Å². The highest BCUT2D eigenvalue weighted by molar-refractivity contribution is 5.81. The molecule has 0 fully saturated rings. The van der Waals surface area contributed by atoms with Gasteiger partial charge in [0, 0.05) is 6.20 Å². The number of carbonyl (C=O) groups is 1. The van der Waals surface area contributed by atoms with Gasteiger partial charge in [0.25, 0.3) is 5.91 Å². The van der Waals surface area contributed by atoms with Crippen molar-refractivity contribution in [2.45, 2.75) is 6.92 Å². The summed E-state index contributed by atoms with van der Waals surface area (Å²) in [6.07, 6.45) is 3.11. The molecular weight excluding hydrogens is 282 g/mol. The largest absolute Gasteiger partial charge is 0.490 e. The molecule has 0 aliphatic rings. The lowest BCUT2D eigenvalue weighted by Crippen LogP contribution is -2.24. The topological polar surface area (TPSA) is 72.8 Å². The Morgan fingerprint density at radius 2 is 1.91 bits per heavy atom. The van der Waals surface area contributed by atoms with Crippen LogP contribution < -0.4 is 14.9 Å². The van der Waals surface area contributed by atoms with Gasteiger partial charge in [0.2, 0.25) is 0 Å². The number of pyridine rings is 1. The second-order valence-electron chi connectivity index (χ2n) is 4.22. The van der Waals surface area contributed by atoms with E-state index in [1.165, 1.54) is 6.21 Å². The highest BCUT2D eigenvalue weighted by atomic mass is 16.5. The number of ether oxygens (including phenoxy) is 2. The van der Waals surface area contributed by atoms with Crippen molar-refractivity contribution in [3.05, 3.63) is 54.4 Å². The molecule has 0 bridgehead atoms. The summed E-state index contributed by atoms with van der Waals surface area (Å²) in [4.78, 5) is 15.7. The van der Waals surface area contributed by atoms with Crippen LogP contribution in [0.4, 0.5) is 0 Å². The van der Waals surface area contributed by atoms with Gasteiger partial charge in [-0.2, -0.15) is 5.10 Å². The van der Waals surface area contributed by atoms with E-state index < -0.39 is 0 Å². The second-order valence-corrected chi connectivity index (χ2v) is 4.22. The first kappa shape index (κ1) is 15.5. The summed E-state index contributed by atoms with van der Waals surface area (Å²) in [7, 11) is 0. The van der Waals surface area contributed by atoms with Gasteiger partial charge in [-0.05, 0) is 31.2 Å². The van der Waals surface area contributed by atoms with Crippen molar-refractivity contribution in [1.29, 1.82) is 0 Å². The van der Waals surface area contributed by atoms with Crippen LogP contribution in [0.3, 0.4) is 0 Å². The van der Waals surface area contributed by atoms with Crippen LogP contribution in [0.5, 0.6) is 11.5 Å². The van der Waals surface area contributed by atoms with E-state index in [2.05, 4.69) is 15.5 Å². The van der Waals surface area contributed by atoms with Crippen molar-refractivity contribution in [2.75, 3.05) is 13.2 Å². The zero-order chi connectivity index (χ0) is 15.6. The lowest BCUT2D eigenvalue weighted by molar-refractivity contribution is -0.123. The minimum Gasteiger partial charge on any atom is -0.490 e. The van der Waals surface area contributed by atoms with Gasteiger partial charge in [-0.25, -0.2) is 5.43 Å². The molecule has 1 aromatic carbocycles. The van der Waals surface area contributed by atoms with Gasteiger partial charge in [0.15, 0.2) is 18.1 Å². The fourth-order valence-corrected chi connectivity index (χ4v) is 1.64. The van der Waals surface area contributed by atoms with Crippen LogP contribution >= 0.6 is 0 Å². The Hall–Kier alpha value is -2.89. The van der Waals surface area contributed by atoms with Gasteiger partial charge < -0.3 is 9.47 Å². The summed E-state index contributed by atoms with van der Waals surface area (Å²) in [5.41, 5.74) is 3.04. The van der Waals surface area contributed by atoms with Gasteiger partial charge in [-0.3, -0.25) is 9.78 Å². The lowest BCUT2D eigenvalue weighted by Gasteiger charge is -2.10. The third kappa shape index (κ3) is 4.90. The van der Waals surface area contributed by atoms with Gasteiger partial charge in [-0.15, -0.1) is 0 Å². The summed E-state index contributed by atoms with van der Waals surface area (Å²) in [6.45, 7) is 2.26. The molecular formula is C16H17N3O3. The van der Waals surface area contributed by atoms with Crippen LogP contribution in [-0.2, 0) is 4.79 Å². The zero-order valence-corrected chi connectivity index (χ0v) is 12.2. The molecule has 0 saturated heterocycles. The summed E-state index contributed by atoms with van der Waals surface area (Å²) in [5.74, 6) is 0.765. The van der Waals surface area contributed by atoms with E-state index in [1.54, 1.807) is 30.5 Å². The molecule has 22 heavy (non-hydrogen) atoms. The number of carbonyl (C=O) groups excluding carboxylic acids is 1. The van der Waals surface area contributed by atoms with Crippen LogP contribution in [0.1, 0.15) is 12.6 Å². The van der Waals surface area contributed by atoms with E-state index in [4.69, 9.17) is 9.47 Å². The highest BCUT2D eigenvalue weighted by Crippen LogP contribution is 2.26. The smallest absolute Gasteiger partial charge is 0.277 e. The van der Waals surface area contributed by atoms with Gasteiger partial charge in [0.05, 0.1) is 18.5 Å². The normalized spacial score (nSPS) is 10.4. The van der Waals surface area contributed by atoms with Crippen LogP contribution in [0.25, 0.3) is 0 Å². The first-order chi connectivity index (χ1) is 10.8. The molecule has 0 aliphatic heterocycles. The quantitative estimate of drug-likeness (QED) is 0.627. The number of nitrogens with one attached hydrogen (secondary N) is 1. The Balaban J connectivity index is 1.82. The average Bonchev–Trinajstić information content (AvgIpc) is 2.55. The molecule has 1 N–H and O–H groups in total. The van der Waals surface area contributed by atoms with Crippen molar-refractivity contribution in [3.63, 3.8) is 0 Å². The Bertz CT molecular complexity index is 630. The Morgan fingerprint density at radius 3 is 2.59 bits per heavy atom. The molecule has 6 nitrogen and oxygen atoms in total. The average molecular weight is 299 g/mol. The number of nitrogens with zero attached hydrogens (tertiary/aromatic N) is 2. The Morgan fingerprint density at radius 1 is 1.18 bits per heavy atom. The minimum absolute atomic E-state index is 0.149. The summed E-state index contributed by atoms with van der Waals surface area (Å²) in [6, 6.07) is 12.6. The van der Waals surface area contributed by atoms with Crippen LogP contribution in [0.2, 0.25) is 0 Å². The van der Waals surface area contributed by atoms with Crippen molar-refractivity contribution in [1.82, 2.24) is 10.4 Å². The molecule has 0 atom stereocenters. The maximum absolute atomic E-state index is 11.7. The van der Waals surface area contributed by atoms with Gasteiger partial charge in [0.1, 0.15) is 0 Å². The number of rotatable bonds is 7. The van der Waals surface area contributed by atoms with Crippen LogP contribution in [0, 0.1) is 0 Å². The standard InChI is InChI=1S/C16H17N3O3/c1-2-21-14-8-3-4-9-15(14)22-12-16(20)19-18-11-13-7-5-6-10-17-13/h3-11H,2,12H2,1H3,(H,19,20). The fourth-order valence-electron chi connectivity index (χ4n) is 1.64. The number of benzene rings is 1. The number of hydrogen-bond acceptors (Lipinski definition) is 5. The number of para-hydroxylation sites is 2. The van der Waals surface area contributed by atoms with E-state index in [0.29, 0.717) is 23.8 Å². The van der Waals surface area contributed by atoms with E-state index in [0.717, 1.165) is 0 Å². The molecule has 2 rings (SSSR count). The third-order valence-electron chi connectivity index (χ3n) is 2.58. The number of aromatic nitrogens is 1. The molecule has 1 amide bonds. The Kier molecular flexibility index (Phi) is 5.92. The Labute approximate surface area is 128 Å². The van der Waals surface area contributed by atoms with E-state index >= 15 is 0 Å². The molecule has 0 spiro atoms. The van der Waals surface area contributed by atoms with Gasteiger partial charge >= 0.3 is 0 Å². The summed E-state index contributed by atoms with van der Waals surface area (Å²) < 4.78 is 10.8. The summed E-state index contributed by atoms with van der Waals surface area (Å²) in [5, 5.41) is 3.81. The SMILES string of the molecule is CCOc1ccccc1OCC(=O)NN=Cc1ccccn1. The van der Waals surface area contributed by atoms with E-state index in [-0.39, 0.29) is 12.5 Å². The van der Waals surface area contributed by atoms with Crippen LogP contribution in [0.15, 0.2) is 53.8 Å². The third-order valence-corrected chi connectivity index (χ3v) is 2.58. The first-order valence-corrected chi connectivity index (χ1v) is 6.87. The highest BCUT2D eigenvalue weighted by Gasteiger charge is 2.06. The first-order valence-electron chi connectivity index (χ1n) is 6.87. The maximum atomic E-state index is 11.7. The zero-order valence-electron chi connectivity index (χ0n) is 12.2. The fraction of sp³-hybridized carbons (Fsp3) is 0.188. The number of amides is 1. The van der Waals surface area contributed by atoms with Crippen LogP contribution in [-0.4, -0.2) is 30.3 Å². The molecule has 0 aliphatic carbocycles. The molecule has 114 valence electrons. The van der Waals surface area contributed by atoms with E-state index in [1.807, 2.05) is 25.1 Å². The molecule has 0 saturated carbocycles. The van der Waals surface area contributed by atoms with Gasteiger partial charge in [-0.1, -0.05) is 18.2 Å². The molecule has 0 unspecified atom stereocenters. The van der Waals surface area contributed by atoms with Crippen molar-refractivity contribution < 1.29 is 14.3 Å². The number of hydrogen-bond donors (Lipinski definition) is 1. The molecule has 6 heteroatoms. The maximum Gasteiger partial charge on any atom is 0.277 e.